The Morgan fingerprint density at radius 1 is 1.33 bits per heavy atom. The molecule has 0 fully saturated rings. The SMILES string of the molecule is CCCNC(c1csc(C)c1)c1ccc(CC)o1. The zero-order valence-corrected chi connectivity index (χ0v) is 12.1. The fourth-order valence-corrected chi connectivity index (χ4v) is 2.76. The average Bonchev–Trinajstić information content (AvgIpc) is 2.99. The summed E-state index contributed by atoms with van der Waals surface area (Å²) in [6, 6.07) is 6.61. The van der Waals surface area contributed by atoms with Crippen LogP contribution < -0.4 is 5.32 Å². The van der Waals surface area contributed by atoms with E-state index in [2.05, 4.69) is 49.7 Å². The van der Waals surface area contributed by atoms with Crippen molar-refractivity contribution in [1.82, 2.24) is 5.32 Å². The van der Waals surface area contributed by atoms with E-state index in [1.165, 1.54) is 10.4 Å². The van der Waals surface area contributed by atoms with Crippen LogP contribution in [-0.4, -0.2) is 6.54 Å². The van der Waals surface area contributed by atoms with E-state index in [1.807, 2.05) is 0 Å². The van der Waals surface area contributed by atoms with Crippen LogP contribution in [0.2, 0.25) is 0 Å². The molecule has 2 nitrogen and oxygen atoms in total. The molecular formula is C15H21NOS. The molecule has 0 bridgehead atoms. The van der Waals surface area contributed by atoms with Crippen LogP contribution in [0.4, 0.5) is 0 Å². The molecule has 0 aliphatic heterocycles. The zero-order chi connectivity index (χ0) is 13.0. The summed E-state index contributed by atoms with van der Waals surface area (Å²) in [4.78, 5) is 1.34. The summed E-state index contributed by atoms with van der Waals surface area (Å²) in [7, 11) is 0. The average molecular weight is 263 g/mol. The van der Waals surface area contributed by atoms with Gasteiger partial charge in [0.2, 0.25) is 0 Å². The largest absolute Gasteiger partial charge is 0.464 e. The maximum absolute atomic E-state index is 5.90. The van der Waals surface area contributed by atoms with E-state index in [4.69, 9.17) is 4.42 Å². The predicted octanol–water partition coefficient (Wildman–Crippen LogP) is 4.30. The summed E-state index contributed by atoms with van der Waals surface area (Å²) in [6.45, 7) is 7.45. The quantitative estimate of drug-likeness (QED) is 0.840. The van der Waals surface area contributed by atoms with Gasteiger partial charge in [-0.3, -0.25) is 0 Å². The standard InChI is InChI=1S/C15H21NOS/c1-4-8-16-15(12-9-11(3)18-10-12)14-7-6-13(5-2)17-14/h6-7,9-10,15-16H,4-5,8H2,1-3H3. The molecule has 0 amide bonds. The minimum atomic E-state index is 0.190. The lowest BCUT2D eigenvalue weighted by atomic mass is 10.1. The van der Waals surface area contributed by atoms with E-state index in [1.54, 1.807) is 11.3 Å². The molecule has 2 heterocycles. The smallest absolute Gasteiger partial charge is 0.125 e. The van der Waals surface area contributed by atoms with E-state index >= 15 is 0 Å². The highest BCUT2D eigenvalue weighted by Crippen LogP contribution is 2.27. The van der Waals surface area contributed by atoms with Crippen LogP contribution in [0.3, 0.4) is 0 Å². The summed E-state index contributed by atoms with van der Waals surface area (Å²) < 4.78 is 5.90. The molecular weight excluding hydrogens is 242 g/mol. The molecule has 0 saturated carbocycles. The van der Waals surface area contributed by atoms with Gasteiger partial charge in [0.25, 0.3) is 0 Å². The third kappa shape index (κ3) is 3.03. The van der Waals surface area contributed by atoms with Gasteiger partial charge in [-0.25, -0.2) is 0 Å². The van der Waals surface area contributed by atoms with Crippen molar-refractivity contribution in [1.29, 1.82) is 0 Å². The van der Waals surface area contributed by atoms with Gasteiger partial charge in [-0.15, -0.1) is 11.3 Å². The van der Waals surface area contributed by atoms with Crippen LogP contribution in [0.1, 0.15) is 48.3 Å². The van der Waals surface area contributed by atoms with E-state index in [9.17, 15) is 0 Å². The van der Waals surface area contributed by atoms with E-state index in [0.717, 1.165) is 30.9 Å². The second kappa shape index (κ2) is 6.21. The zero-order valence-electron chi connectivity index (χ0n) is 11.3. The molecule has 3 heteroatoms. The Bertz CT molecular complexity index is 486. The van der Waals surface area contributed by atoms with Crippen molar-refractivity contribution in [3.8, 4) is 0 Å². The highest BCUT2D eigenvalue weighted by molar-refractivity contribution is 7.10. The molecule has 2 rings (SSSR count). The molecule has 0 aliphatic rings. The summed E-state index contributed by atoms with van der Waals surface area (Å²) >= 11 is 1.79. The first-order valence-corrected chi connectivity index (χ1v) is 7.49. The number of hydrogen-bond acceptors (Lipinski definition) is 3. The maximum atomic E-state index is 5.90. The van der Waals surface area contributed by atoms with Crippen LogP contribution in [0.25, 0.3) is 0 Å². The lowest BCUT2D eigenvalue weighted by molar-refractivity contribution is 0.422. The van der Waals surface area contributed by atoms with Crippen molar-refractivity contribution in [3.63, 3.8) is 0 Å². The number of nitrogens with one attached hydrogen (secondary N) is 1. The predicted molar refractivity (Wildman–Crippen MR) is 77.3 cm³/mol. The second-order valence-electron chi connectivity index (χ2n) is 4.54. The Labute approximate surface area is 113 Å². The molecule has 2 aromatic rings. The van der Waals surface area contributed by atoms with Gasteiger partial charge in [-0.2, -0.15) is 0 Å². The topological polar surface area (TPSA) is 25.2 Å². The third-order valence-electron chi connectivity index (χ3n) is 3.00. The highest BCUT2D eigenvalue weighted by atomic mass is 32.1. The summed E-state index contributed by atoms with van der Waals surface area (Å²) in [5.41, 5.74) is 1.31. The molecule has 1 unspecified atom stereocenters. The maximum Gasteiger partial charge on any atom is 0.125 e. The summed E-state index contributed by atoms with van der Waals surface area (Å²) in [6.07, 6.45) is 2.07. The first-order valence-electron chi connectivity index (χ1n) is 6.61. The van der Waals surface area contributed by atoms with Crippen molar-refractivity contribution in [2.45, 2.75) is 39.7 Å². The lowest BCUT2D eigenvalue weighted by Gasteiger charge is -2.15. The third-order valence-corrected chi connectivity index (χ3v) is 3.88. The van der Waals surface area contributed by atoms with Crippen LogP contribution in [0, 0.1) is 6.92 Å². The fourth-order valence-electron chi connectivity index (χ4n) is 2.03. The van der Waals surface area contributed by atoms with E-state index in [0.29, 0.717) is 0 Å². The van der Waals surface area contributed by atoms with Crippen LogP contribution >= 0.6 is 11.3 Å². The number of thiophene rings is 1. The Kier molecular flexibility index (Phi) is 4.61. The Balaban J connectivity index is 2.24. The number of rotatable bonds is 6. The van der Waals surface area contributed by atoms with Crippen LogP contribution in [0.15, 0.2) is 28.0 Å². The van der Waals surface area contributed by atoms with Gasteiger partial charge in [0.1, 0.15) is 11.5 Å². The second-order valence-corrected chi connectivity index (χ2v) is 5.65. The molecule has 1 atom stereocenters. The number of hydrogen-bond donors (Lipinski definition) is 1. The van der Waals surface area contributed by atoms with E-state index < -0.39 is 0 Å². The molecule has 0 radical (unpaired) electrons. The minimum Gasteiger partial charge on any atom is -0.464 e. The van der Waals surface area contributed by atoms with Gasteiger partial charge in [0.05, 0.1) is 6.04 Å². The molecule has 0 aromatic carbocycles. The monoisotopic (exact) mass is 263 g/mol. The van der Waals surface area contributed by atoms with Crippen molar-refractivity contribution >= 4 is 11.3 Å². The molecule has 18 heavy (non-hydrogen) atoms. The Hall–Kier alpha value is -1.06. The normalized spacial score (nSPS) is 12.8. The molecule has 0 spiro atoms. The van der Waals surface area contributed by atoms with Gasteiger partial charge in [0, 0.05) is 11.3 Å². The molecule has 0 aliphatic carbocycles. The first-order chi connectivity index (χ1) is 8.74. The fraction of sp³-hybridized carbons (Fsp3) is 0.467. The highest BCUT2D eigenvalue weighted by Gasteiger charge is 2.18. The molecule has 1 N–H and O–H groups in total. The van der Waals surface area contributed by atoms with Gasteiger partial charge in [-0.1, -0.05) is 13.8 Å². The van der Waals surface area contributed by atoms with Crippen molar-refractivity contribution in [3.05, 3.63) is 45.5 Å². The van der Waals surface area contributed by atoms with Crippen LogP contribution in [0.5, 0.6) is 0 Å². The molecule has 98 valence electrons. The van der Waals surface area contributed by atoms with Crippen LogP contribution in [-0.2, 0) is 6.42 Å². The molecule has 2 aromatic heterocycles. The van der Waals surface area contributed by atoms with Gasteiger partial charge >= 0.3 is 0 Å². The number of aryl methyl sites for hydroxylation is 2. The summed E-state index contributed by atoms with van der Waals surface area (Å²) in [5, 5.41) is 5.78. The summed E-state index contributed by atoms with van der Waals surface area (Å²) in [5.74, 6) is 2.08. The first kappa shape index (κ1) is 13.4. The van der Waals surface area contributed by atoms with Crippen molar-refractivity contribution < 1.29 is 4.42 Å². The van der Waals surface area contributed by atoms with Crippen molar-refractivity contribution in [2.75, 3.05) is 6.54 Å². The Morgan fingerprint density at radius 2 is 2.17 bits per heavy atom. The lowest BCUT2D eigenvalue weighted by Crippen LogP contribution is -2.22. The molecule has 0 saturated heterocycles. The minimum absolute atomic E-state index is 0.190. The Morgan fingerprint density at radius 3 is 2.72 bits per heavy atom. The van der Waals surface area contributed by atoms with Gasteiger partial charge in [-0.05, 0) is 49.0 Å². The van der Waals surface area contributed by atoms with Gasteiger partial charge in [0.15, 0.2) is 0 Å². The van der Waals surface area contributed by atoms with E-state index in [-0.39, 0.29) is 6.04 Å². The number of furan rings is 1. The van der Waals surface area contributed by atoms with Crippen molar-refractivity contribution in [2.24, 2.45) is 0 Å². The van der Waals surface area contributed by atoms with Gasteiger partial charge < -0.3 is 9.73 Å².